The summed E-state index contributed by atoms with van der Waals surface area (Å²) in [6, 6.07) is 0. The molecule has 0 aliphatic carbocycles. The Balaban J connectivity index is 0. The minimum Gasteiger partial charge on any atom is -0.477 e. The molecule has 0 rings (SSSR count). The van der Waals surface area contributed by atoms with Gasteiger partial charge in [0, 0.05) is 5.02 Å². The second-order valence-corrected chi connectivity index (χ2v) is 1.94. The summed E-state index contributed by atoms with van der Waals surface area (Å²) >= 11 is 0. The number of rotatable bonds is 1. The van der Waals surface area contributed by atoms with Gasteiger partial charge in [-0.1, -0.05) is 0 Å². The lowest BCUT2D eigenvalue weighted by Gasteiger charge is -1.78. The third-order valence-corrected chi connectivity index (χ3v) is 1.03. The summed E-state index contributed by atoms with van der Waals surface area (Å²) in [5, 5.41) is 9.73. The highest BCUT2D eigenvalue weighted by atomic mass is 35.5. The summed E-state index contributed by atoms with van der Waals surface area (Å²) in [6.07, 6.45) is 0. The van der Waals surface area contributed by atoms with Crippen LogP contribution in [0.4, 0.5) is 0 Å². The predicted molar refractivity (Wildman–Crippen MR) is 38.0 cm³/mol. The maximum Gasteiger partial charge on any atom is 0.340 e. The first-order valence-electron chi connectivity index (χ1n) is 1.97. The minimum atomic E-state index is -2.53. The Bertz CT molecular complexity index is 274. The number of aliphatic carboxylic acids is 1. The van der Waals surface area contributed by atoms with E-state index in [2.05, 4.69) is 0 Å². The largest absolute Gasteiger partial charge is 0.477 e. The van der Waals surface area contributed by atoms with Gasteiger partial charge in [-0.3, -0.25) is 0 Å². The van der Waals surface area contributed by atoms with E-state index in [1.165, 1.54) is 0 Å². The van der Waals surface area contributed by atoms with Crippen molar-refractivity contribution >= 4 is 33.7 Å². The average Bonchev–Trinajstić information content (AvgIpc) is 1.63. The van der Waals surface area contributed by atoms with Crippen LogP contribution in [0.3, 0.4) is 0 Å². The fraction of sp³-hybridized carbons (Fsp3) is 0.250. The molecule has 0 aliphatic heterocycles. The van der Waals surface area contributed by atoms with E-state index in [9.17, 15) is 13.2 Å². The number of hydrogen-bond donors (Lipinski definition) is 1. The average molecular weight is 185 g/mol. The van der Waals surface area contributed by atoms with Crippen molar-refractivity contribution in [3.05, 3.63) is 5.57 Å². The molecule has 58 valence electrons. The van der Waals surface area contributed by atoms with E-state index in [-0.39, 0.29) is 18.0 Å². The van der Waals surface area contributed by atoms with E-state index in [1.54, 1.807) is 5.02 Å². The Morgan fingerprint density at radius 3 is 2.00 bits per heavy atom. The lowest BCUT2D eigenvalue weighted by molar-refractivity contribution is -0.132. The molecule has 6 heteroatoms. The zero-order chi connectivity index (χ0) is 7.44. The quantitative estimate of drug-likeness (QED) is 0.450. The Labute approximate surface area is 65.1 Å². The van der Waals surface area contributed by atoms with Gasteiger partial charge in [-0.15, -0.1) is 12.4 Å². The summed E-state index contributed by atoms with van der Waals surface area (Å²) < 4.78 is 19.4. The van der Waals surface area contributed by atoms with Crippen molar-refractivity contribution in [2.45, 2.75) is 6.92 Å². The standard InChI is InChI=1S/C4H4O4S.ClH/c1-3(4(5)6)2-9(7)8;/h1H3,(H,5,6);1H. The molecule has 0 fully saturated rings. The second kappa shape index (κ2) is 5.05. The summed E-state index contributed by atoms with van der Waals surface area (Å²) in [5.74, 6) is -1.28. The van der Waals surface area contributed by atoms with E-state index in [1.807, 2.05) is 0 Å². The summed E-state index contributed by atoms with van der Waals surface area (Å²) in [4.78, 5) is 9.86. The Morgan fingerprint density at radius 1 is 1.50 bits per heavy atom. The zero-order valence-corrected chi connectivity index (χ0v) is 6.62. The molecule has 0 radical (unpaired) electrons. The van der Waals surface area contributed by atoms with E-state index >= 15 is 0 Å². The van der Waals surface area contributed by atoms with Gasteiger partial charge in [0.2, 0.25) is 0 Å². The Kier molecular flexibility index (Phi) is 6.04. The molecule has 1 N–H and O–H groups in total. The van der Waals surface area contributed by atoms with Crippen molar-refractivity contribution in [3.8, 4) is 0 Å². The molecular weight excluding hydrogens is 180 g/mol. The lowest BCUT2D eigenvalue weighted by atomic mass is 10.4. The molecule has 4 nitrogen and oxygen atoms in total. The second-order valence-electron chi connectivity index (χ2n) is 1.27. The van der Waals surface area contributed by atoms with Gasteiger partial charge < -0.3 is 5.11 Å². The van der Waals surface area contributed by atoms with Crippen LogP contribution in [0.1, 0.15) is 6.92 Å². The number of carboxylic acids is 1. The third-order valence-electron chi connectivity index (χ3n) is 0.557. The molecule has 0 heterocycles. The zero-order valence-electron chi connectivity index (χ0n) is 4.99. The summed E-state index contributed by atoms with van der Waals surface area (Å²) in [7, 11) is -2.53. The Hall–Kier alpha value is -0.770. The molecule has 0 saturated heterocycles. The first kappa shape index (κ1) is 12.0. The third kappa shape index (κ3) is 5.37. The number of hydrogen-bond acceptors (Lipinski definition) is 3. The first-order chi connectivity index (χ1) is 4.04. The van der Waals surface area contributed by atoms with Crippen molar-refractivity contribution in [1.29, 1.82) is 0 Å². The van der Waals surface area contributed by atoms with E-state index < -0.39 is 16.3 Å². The molecule has 0 bridgehead atoms. The van der Waals surface area contributed by atoms with E-state index in [0.29, 0.717) is 0 Å². The predicted octanol–water partition coefficient (Wildman–Crippen LogP) is -0.281. The normalized spacial score (nSPS) is 6.90. The fourth-order valence-corrected chi connectivity index (χ4v) is 0.506. The van der Waals surface area contributed by atoms with Crippen LogP contribution in [0, 0.1) is 0 Å². The van der Waals surface area contributed by atoms with Gasteiger partial charge in [0.1, 0.15) is 0 Å². The SMILES string of the molecule is CC(=C=S(=O)=O)C(=O)O.Cl. The van der Waals surface area contributed by atoms with E-state index in [0.717, 1.165) is 6.92 Å². The van der Waals surface area contributed by atoms with Crippen LogP contribution in [0.15, 0.2) is 5.57 Å². The van der Waals surface area contributed by atoms with Gasteiger partial charge in [-0.2, -0.15) is 8.42 Å². The molecule has 0 aromatic carbocycles. The summed E-state index contributed by atoms with van der Waals surface area (Å²) in [5.41, 5.74) is -0.316. The van der Waals surface area contributed by atoms with Gasteiger partial charge >= 0.3 is 5.97 Å². The van der Waals surface area contributed by atoms with Crippen LogP contribution in [-0.4, -0.2) is 24.5 Å². The van der Waals surface area contributed by atoms with Crippen molar-refractivity contribution in [3.63, 3.8) is 0 Å². The molecular formula is C4H5ClO4S. The number of carboxylic acid groups (broad SMARTS) is 1. The molecule has 0 unspecified atom stereocenters. The maximum atomic E-state index is 9.86. The fourth-order valence-electron chi connectivity index (χ4n) is 0.169. The number of halogens is 1. The highest BCUT2D eigenvalue weighted by Crippen LogP contribution is 1.80. The lowest BCUT2D eigenvalue weighted by Crippen LogP contribution is -1.95. The first-order valence-corrected chi connectivity index (χ1v) is 3.04. The van der Waals surface area contributed by atoms with Crippen LogP contribution in [0.5, 0.6) is 0 Å². The van der Waals surface area contributed by atoms with Crippen molar-refractivity contribution < 1.29 is 18.3 Å². The van der Waals surface area contributed by atoms with Gasteiger partial charge in [0.05, 0.1) is 5.57 Å². The van der Waals surface area contributed by atoms with Crippen LogP contribution < -0.4 is 0 Å². The van der Waals surface area contributed by atoms with Gasteiger partial charge in [-0.25, -0.2) is 4.79 Å². The van der Waals surface area contributed by atoms with Crippen molar-refractivity contribution in [2.24, 2.45) is 0 Å². The number of carbonyl (C=O) groups is 1. The van der Waals surface area contributed by atoms with Gasteiger partial charge in [0.15, 0.2) is 0 Å². The van der Waals surface area contributed by atoms with Crippen LogP contribution >= 0.6 is 12.4 Å². The van der Waals surface area contributed by atoms with Crippen molar-refractivity contribution in [2.75, 3.05) is 0 Å². The molecule has 0 aromatic rings. The highest BCUT2D eigenvalue weighted by molar-refractivity contribution is 7.71. The molecule has 10 heavy (non-hydrogen) atoms. The van der Waals surface area contributed by atoms with Crippen molar-refractivity contribution in [1.82, 2.24) is 0 Å². The molecule has 0 aromatic heterocycles. The molecule has 0 spiro atoms. The van der Waals surface area contributed by atoms with Crippen LogP contribution in [0.25, 0.3) is 0 Å². The minimum absolute atomic E-state index is 0. The molecule has 0 atom stereocenters. The van der Waals surface area contributed by atoms with Crippen LogP contribution in [-0.2, 0) is 15.1 Å². The molecule has 0 amide bonds. The summed E-state index contributed by atoms with van der Waals surface area (Å²) in [6.45, 7) is 1.15. The maximum absolute atomic E-state index is 9.86. The molecule has 0 saturated carbocycles. The smallest absolute Gasteiger partial charge is 0.340 e. The van der Waals surface area contributed by atoms with Gasteiger partial charge in [0.25, 0.3) is 10.3 Å². The highest BCUT2D eigenvalue weighted by Gasteiger charge is 1.96. The topological polar surface area (TPSA) is 71.4 Å². The Morgan fingerprint density at radius 2 is 1.90 bits per heavy atom. The van der Waals surface area contributed by atoms with Gasteiger partial charge in [-0.05, 0) is 6.92 Å². The van der Waals surface area contributed by atoms with E-state index in [4.69, 9.17) is 5.11 Å². The van der Waals surface area contributed by atoms with Crippen LogP contribution in [0.2, 0.25) is 0 Å². The monoisotopic (exact) mass is 184 g/mol. The molecule has 0 aliphatic rings.